The van der Waals surface area contributed by atoms with Crippen molar-refractivity contribution < 1.29 is 9.90 Å². The number of benzene rings is 1. The summed E-state index contributed by atoms with van der Waals surface area (Å²) >= 11 is 0. The number of nitrogens with zero attached hydrogens (tertiary/aromatic N) is 2. The lowest BCUT2D eigenvalue weighted by molar-refractivity contribution is 0.0949. The molecule has 0 unspecified atom stereocenters. The molecule has 0 fully saturated rings. The Hall–Kier alpha value is -2.55. The monoisotopic (exact) mass is 272 g/mol. The lowest BCUT2D eigenvalue weighted by Gasteiger charge is -2.10. The molecule has 0 aromatic heterocycles. The number of carbonyl (C=O) groups is 1. The third kappa shape index (κ3) is 3.26. The second-order valence-electron chi connectivity index (χ2n) is 4.67. The largest absolute Gasteiger partial charge is 0.507 e. The maximum Gasteiger partial charge on any atom is 0.255 e. The van der Waals surface area contributed by atoms with Crippen molar-refractivity contribution in [2.45, 2.75) is 24.9 Å². The van der Waals surface area contributed by atoms with E-state index in [1.807, 2.05) is 0 Å². The molecule has 104 valence electrons. The average molecular weight is 272 g/mol. The number of hydrogen-bond acceptors (Lipinski definition) is 5. The first kappa shape index (κ1) is 13.9. The first-order valence-electron chi connectivity index (χ1n) is 6.30. The number of phenolic OH excluding ortho intramolecular Hbond substituents is 1. The Morgan fingerprint density at radius 3 is 2.80 bits per heavy atom. The molecule has 1 aliphatic rings. The van der Waals surface area contributed by atoms with Crippen LogP contribution in [0.5, 0.6) is 5.75 Å². The smallest absolute Gasteiger partial charge is 0.255 e. The predicted octanol–water partition coefficient (Wildman–Crippen LogP) is 1.67. The van der Waals surface area contributed by atoms with Gasteiger partial charge < -0.3 is 16.2 Å². The van der Waals surface area contributed by atoms with Crippen LogP contribution in [0, 0.1) is 12.3 Å². The molecule has 1 aliphatic heterocycles. The molecule has 0 radical (unpaired) electrons. The van der Waals surface area contributed by atoms with Crippen molar-refractivity contribution in [3.63, 3.8) is 0 Å². The summed E-state index contributed by atoms with van der Waals surface area (Å²) in [5, 5.41) is 20.3. The van der Waals surface area contributed by atoms with E-state index in [0.717, 1.165) is 0 Å². The fourth-order valence-corrected chi connectivity index (χ4v) is 1.88. The van der Waals surface area contributed by atoms with Crippen LogP contribution in [0.3, 0.4) is 0 Å². The van der Waals surface area contributed by atoms with Crippen molar-refractivity contribution in [1.29, 1.82) is 0 Å². The number of rotatable bonds is 6. The normalized spacial score (nSPS) is 14.6. The van der Waals surface area contributed by atoms with Gasteiger partial charge in [0.25, 0.3) is 5.91 Å². The van der Waals surface area contributed by atoms with Crippen molar-refractivity contribution in [2.24, 2.45) is 10.2 Å². The summed E-state index contributed by atoms with van der Waals surface area (Å²) in [6, 6.07) is 4.39. The van der Waals surface area contributed by atoms with Crippen LogP contribution in [-0.2, 0) is 0 Å². The second-order valence-corrected chi connectivity index (χ2v) is 4.67. The van der Waals surface area contributed by atoms with Crippen molar-refractivity contribution in [3.8, 4) is 18.1 Å². The van der Waals surface area contributed by atoms with Crippen molar-refractivity contribution in [1.82, 2.24) is 5.32 Å². The SMILES string of the molecule is C#CCCC1(CCNC(=O)c2ccc(N)cc2O)N=N1. The van der Waals surface area contributed by atoms with Gasteiger partial charge in [0, 0.05) is 37.6 Å². The molecule has 0 saturated carbocycles. The topological polar surface area (TPSA) is 100 Å². The molecule has 1 heterocycles. The molecule has 20 heavy (non-hydrogen) atoms. The summed E-state index contributed by atoms with van der Waals surface area (Å²) in [4.78, 5) is 11.9. The minimum Gasteiger partial charge on any atom is -0.507 e. The molecule has 0 bridgehead atoms. The van der Waals surface area contributed by atoms with E-state index in [1.54, 1.807) is 6.07 Å². The Kier molecular flexibility index (Phi) is 3.89. The summed E-state index contributed by atoms with van der Waals surface area (Å²) in [5.41, 5.74) is 5.69. The number of nitrogens with two attached hydrogens (primary N) is 1. The van der Waals surface area contributed by atoms with Gasteiger partial charge in [-0.1, -0.05) is 0 Å². The quantitative estimate of drug-likeness (QED) is 0.542. The maximum absolute atomic E-state index is 11.9. The molecule has 0 atom stereocenters. The first-order valence-corrected chi connectivity index (χ1v) is 6.30. The first-order chi connectivity index (χ1) is 9.56. The molecule has 4 N–H and O–H groups in total. The summed E-state index contributed by atoms with van der Waals surface area (Å²) in [5.74, 6) is 2.06. The maximum atomic E-state index is 11.9. The van der Waals surface area contributed by atoms with Crippen LogP contribution in [0.4, 0.5) is 5.69 Å². The van der Waals surface area contributed by atoms with Gasteiger partial charge >= 0.3 is 0 Å². The van der Waals surface area contributed by atoms with Gasteiger partial charge in [0.15, 0.2) is 5.66 Å². The summed E-state index contributed by atoms with van der Waals surface area (Å²) < 4.78 is 0. The van der Waals surface area contributed by atoms with Crippen LogP contribution < -0.4 is 11.1 Å². The Labute approximate surface area is 117 Å². The van der Waals surface area contributed by atoms with Crippen LogP contribution in [0.15, 0.2) is 28.4 Å². The van der Waals surface area contributed by atoms with Crippen molar-refractivity contribution in [3.05, 3.63) is 23.8 Å². The van der Waals surface area contributed by atoms with Gasteiger partial charge in [-0.15, -0.1) is 12.3 Å². The van der Waals surface area contributed by atoms with E-state index in [9.17, 15) is 9.90 Å². The molecule has 6 nitrogen and oxygen atoms in total. The van der Waals surface area contributed by atoms with E-state index >= 15 is 0 Å². The zero-order valence-corrected chi connectivity index (χ0v) is 11.0. The van der Waals surface area contributed by atoms with Crippen molar-refractivity contribution in [2.75, 3.05) is 12.3 Å². The molecule has 0 aliphatic carbocycles. The van der Waals surface area contributed by atoms with E-state index < -0.39 is 5.66 Å². The van der Waals surface area contributed by atoms with E-state index in [2.05, 4.69) is 21.5 Å². The molecule has 0 spiro atoms. The third-order valence-electron chi connectivity index (χ3n) is 3.13. The average Bonchev–Trinajstić information content (AvgIpc) is 3.16. The number of nitrogen functional groups attached to an aromatic ring is 1. The summed E-state index contributed by atoms with van der Waals surface area (Å²) in [6.07, 6.45) is 7.12. The minimum absolute atomic E-state index is 0.134. The zero-order valence-electron chi connectivity index (χ0n) is 11.0. The van der Waals surface area contributed by atoms with Gasteiger partial charge in [-0.25, -0.2) is 0 Å². The number of carbonyl (C=O) groups excluding carboxylic acids is 1. The number of anilines is 1. The fraction of sp³-hybridized carbons (Fsp3) is 0.357. The molecular formula is C14H16N4O2. The number of aromatic hydroxyl groups is 1. The summed E-state index contributed by atoms with van der Waals surface area (Å²) in [6.45, 7) is 0.417. The molecule has 1 amide bonds. The van der Waals surface area contributed by atoms with Gasteiger partial charge in [0.2, 0.25) is 0 Å². The molecule has 1 aromatic rings. The highest BCUT2D eigenvalue weighted by Gasteiger charge is 2.38. The lowest BCUT2D eigenvalue weighted by Crippen LogP contribution is -2.28. The van der Waals surface area contributed by atoms with Gasteiger partial charge in [-0.3, -0.25) is 4.79 Å². The Bertz CT molecular complexity index is 583. The molecule has 6 heteroatoms. The highest BCUT2D eigenvalue weighted by molar-refractivity contribution is 5.97. The highest BCUT2D eigenvalue weighted by atomic mass is 16.3. The van der Waals surface area contributed by atoms with Crippen LogP contribution in [0.2, 0.25) is 0 Å². The fourth-order valence-electron chi connectivity index (χ4n) is 1.88. The minimum atomic E-state index is -0.414. The molecule has 2 rings (SSSR count). The number of amides is 1. The molecular weight excluding hydrogens is 256 g/mol. The van der Waals surface area contributed by atoms with E-state index in [-0.39, 0.29) is 17.2 Å². The van der Waals surface area contributed by atoms with Gasteiger partial charge in [0.1, 0.15) is 5.75 Å². The van der Waals surface area contributed by atoms with Crippen LogP contribution >= 0.6 is 0 Å². The number of nitrogens with one attached hydrogen (secondary N) is 1. The van der Waals surface area contributed by atoms with Gasteiger partial charge in [-0.2, -0.15) is 10.2 Å². The molecule has 1 aromatic carbocycles. The molecule has 0 saturated heterocycles. The Morgan fingerprint density at radius 2 is 2.20 bits per heavy atom. The zero-order chi connectivity index (χ0) is 14.6. The van der Waals surface area contributed by atoms with Gasteiger partial charge in [0.05, 0.1) is 5.56 Å². The van der Waals surface area contributed by atoms with E-state index in [1.165, 1.54) is 12.1 Å². The van der Waals surface area contributed by atoms with E-state index in [0.29, 0.717) is 31.5 Å². The number of hydrogen-bond donors (Lipinski definition) is 3. The Morgan fingerprint density at radius 1 is 1.45 bits per heavy atom. The van der Waals surface area contributed by atoms with E-state index in [4.69, 9.17) is 12.2 Å². The number of terminal acetylenes is 1. The summed E-state index contributed by atoms with van der Waals surface area (Å²) in [7, 11) is 0. The van der Waals surface area contributed by atoms with Gasteiger partial charge in [-0.05, 0) is 12.1 Å². The van der Waals surface area contributed by atoms with Crippen LogP contribution in [0.25, 0.3) is 0 Å². The standard InChI is InChI=1S/C14H16N4O2/c1-2-3-6-14(17-18-14)7-8-16-13(20)11-5-4-10(15)9-12(11)19/h1,4-5,9,19H,3,6-8,15H2,(H,16,20). The van der Waals surface area contributed by atoms with Crippen LogP contribution in [-0.4, -0.2) is 23.2 Å². The third-order valence-corrected chi connectivity index (χ3v) is 3.13. The second kappa shape index (κ2) is 5.61. The predicted molar refractivity (Wildman–Crippen MR) is 75.1 cm³/mol. The number of phenols is 1. The highest BCUT2D eigenvalue weighted by Crippen LogP contribution is 2.36. The van der Waals surface area contributed by atoms with Crippen molar-refractivity contribution >= 4 is 11.6 Å². The van der Waals surface area contributed by atoms with Crippen LogP contribution in [0.1, 0.15) is 29.6 Å². The lowest BCUT2D eigenvalue weighted by atomic mass is 10.0. The Balaban J connectivity index is 1.82.